The summed E-state index contributed by atoms with van der Waals surface area (Å²) in [5.41, 5.74) is 8.20. The molecular formula is C16H24N3O2+. The number of hydrogen-bond donors (Lipinski definition) is 1. The molecule has 0 aliphatic carbocycles. The van der Waals surface area contributed by atoms with Crippen molar-refractivity contribution in [2.75, 3.05) is 18.0 Å². The van der Waals surface area contributed by atoms with Gasteiger partial charge in [0.15, 0.2) is 0 Å². The highest BCUT2D eigenvalue weighted by Crippen LogP contribution is 2.28. The summed E-state index contributed by atoms with van der Waals surface area (Å²) >= 11 is 0. The van der Waals surface area contributed by atoms with Gasteiger partial charge in [0.05, 0.1) is 25.3 Å². The minimum absolute atomic E-state index is 0.170. The number of rotatable bonds is 2. The molecule has 1 fully saturated rings. The topological polar surface area (TPSA) is 69.7 Å². The maximum absolute atomic E-state index is 11.8. The molecule has 21 heavy (non-hydrogen) atoms. The monoisotopic (exact) mass is 290 g/mol. The number of nitrogens with two attached hydrogens (primary N) is 1. The number of aromatic nitrogens is 1. The van der Waals surface area contributed by atoms with Crippen molar-refractivity contribution < 1.29 is 14.5 Å². The predicted molar refractivity (Wildman–Crippen MR) is 80.2 cm³/mol. The average molecular weight is 290 g/mol. The highest BCUT2D eigenvalue weighted by Gasteiger charge is 2.33. The van der Waals surface area contributed by atoms with Crippen LogP contribution < -0.4 is 15.6 Å². The van der Waals surface area contributed by atoms with Gasteiger partial charge in [0.1, 0.15) is 11.3 Å². The van der Waals surface area contributed by atoms with Crippen LogP contribution in [0.2, 0.25) is 0 Å². The number of nitrogens with one attached hydrogen (secondary N) is 1. The molecule has 5 nitrogen and oxygen atoms in total. The van der Waals surface area contributed by atoms with Crippen molar-refractivity contribution in [2.45, 2.75) is 51.7 Å². The molecule has 3 N–H and O–H groups in total. The van der Waals surface area contributed by atoms with Gasteiger partial charge >= 0.3 is 0 Å². The Morgan fingerprint density at radius 3 is 2.71 bits per heavy atom. The lowest BCUT2D eigenvalue weighted by atomic mass is 9.94. The third-order valence-corrected chi connectivity index (χ3v) is 4.39. The van der Waals surface area contributed by atoms with Crippen molar-refractivity contribution in [3.8, 4) is 0 Å². The Morgan fingerprint density at radius 1 is 1.33 bits per heavy atom. The second-order valence-electron chi connectivity index (χ2n) is 6.67. The van der Waals surface area contributed by atoms with Crippen molar-refractivity contribution >= 4 is 11.7 Å². The van der Waals surface area contributed by atoms with Gasteiger partial charge < -0.3 is 10.5 Å². The van der Waals surface area contributed by atoms with Crippen LogP contribution in [0, 0.1) is 0 Å². The van der Waals surface area contributed by atoms with Crippen molar-refractivity contribution in [2.24, 2.45) is 5.73 Å². The summed E-state index contributed by atoms with van der Waals surface area (Å²) in [5.74, 6) is 0.512. The third kappa shape index (κ3) is 2.88. The number of pyridine rings is 1. The fraction of sp³-hybridized carbons (Fsp3) is 0.625. The number of piperidine rings is 1. The van der Waals surface area contributed by atoms with Crippen LogP contribution in [-0.4, -0.2) is 24.6 Å². The smallest absolute Gasteiger partial charge is 0.287 e. The Bertz CT molecular complexity index is 563. The van der Waals surface area contributed by atoms with E-state index in [-0.39, 0.29) is 11.5 Å². The summed E-state index contributed by atoms with van der Waals surface area (Å²) in [7, 11) is 0. The summed E-state index contributed by atoms with van der Waals surface area (Å²) in [6.45, 7) is 6.67. The van der Waals surface area contributed by atoms with E-state index in [0.29, 0.717) is 12.2 Å². The molecule has 0 saturated carbocycles. The van der Waals surface area contributed by atoms with E-state index in [2.05, 4.69) is 23.7 Å². The fourth-order valence-electron chi connectivity index (χ4n) is 3.21. The molecule has 0 spiro atoms. The number of amides is 1. The van der Waals surface area contributed by atoms with E-state index in [9.17, 15) is 4.79 Å². The number of carbonyl (C=O) groups excluding carboxylic acids is 1. The Morgan fingerprint density at radius 2 is 2.05 bits per heavy atom. The predicted octanol–water partition coefficient (Wildman–Crippen LogP) is 1.44. The van der Waals surface area contributed by atoms with Crippen LogP contribution in [0.1, 0.15) is 54.7 Å². The van der Waals surface area contributed by atoms with E-state index >= 15 is 0 Å². The molecule has 1 amide bonds. The van der Waals surface area contributed by atoms with E-state index in [1.165, 1.54) is 6.42 Å². The normalized spacial score (nSPS) is 21.0. The van der Waals surface area contributed by atoms with E-state index < -0.39 is 0 Å². The van der Waals surface area contributed by atoms with Gasteiger partial charge in [-0.2, -0.15) is 0 Å². The number of carbonyl (C=O) groups is 1. The highest BCUT2D eigenvalue weighted by atomic mass is 16.5. The molecule has 0 aromatic carbocycles. The number of aromatic amines is 1. The molecule has 1 saturated heterocycles. The second kappa shape index (κ2) is 5.30. The van der Waals surface area contributed by atoms with Crippen molar-refractivity contribution in [1.82, 2.24) is 0 Å². The summed E-state index contributed by atoms with van der Waals surface area (Å²) in [5, 5.41) is 0. The van der Waals surface area contributed by atoms with Crippen LogP contribution in [-0.2, 0) is 17.8 Å². The molecule has 0 atom stereocenters. The Hall–Kier alpha value is -1.62. The van der Waals surface area contributed by atoms with Gasteiger partial charge in [0.25, 0.3) is 11.7 Å². The van der Waals surface area contributed by atoms with Crippen LogP contribution >= 0.6 is 0 Å². The zero-order chi connectivity index (χ0) is 15.0. The molecule has 3 heterocycles. The molecule has 0 bridgehead atoms. The van der Waals surface area contributed by atoms with Gasteiger partial charge in [-0.15, -0.1) is 0 Å². The third-order valence-electron chi connectivity index (χ3n) is 4.39. The van der Waals surface area contributed by atoms with E-state index in [1.54, 1.807) is 0 Å². The van der Waals surface area contributed by atoms with Crippen LogP contribution in [0.5, 0.6) is 0 Å². The summed E-state index contributed by atoms with van der Waals surface area (Å²) in [6, 6.07) is 1.91. The number of fused-ring (bicyclic) bond motifs is 1. The van der Waals surface area contributed by atoms with Crippen LogP contribution in [0.25, 0.3) is 0 Å². The summed E-state index contributed by atoms with van der Waals surface area (Å²) in [6.07, 6.45) is 4.41. The quantitative estimate of drug-likeness (QED) is 0.896. The van der Waals surface area contributed by atoms with Gasteiger partial charge in [0, 0.05) is 12.0 Å². The van der Waals surface area contributed by atoms with Crippen molar-refractivity contribution in [3.05, 3.63) is 22.9 Å². The number of H-pyrrole nitrogens is 1. The summed E-state index contributed by atoms with van der Waals surface area (Å²) < 4.78 is 5.83. The number of anilines is 1. The molecular weight excluding hydrogens is 266 g/mol. The fourth-order valence-corrected chi connectivity index (χ4v) is 3.21. The first kappa shape index (κ1) is 14.3. The number of hydrogen-bond acceptors (Lipinski definition) is 3. The molecule has 1 aromatic heterocycles. The number of ether oxygens (including phenoxy) is 1. The molecule has 2 aliphatic rings. The van der Waals surface area contributed by atoms with Gasteiger partial charge in [-0.3, -0.25) is 9.69 Å². The molecule has 114 valence electrons. The van der Waals surface area contributed by atoms with E-state index in [0.717, 1.165) is 49.4 Å². The van der Waals surface area contributed by atoms with Crippen LogP contribution in [0.4, 0.5) is 5.82 Å². The average Bonchev–Trinajstić information content (AvgIpc) is 2.45. The van der Waals surface area contributed by atoms with Gasteiger partial charge in [0.2, 0.25) is 0 Å². The minimum Gasteiger partial charge on any atom is -0.370 e. The van der Waals surface area contributed by atoms with Crippen molar-refractivity contribution in [3.63, 3.8) is 0 Å². The van der Waals surface area contributed by atoms with Gasteiger partial charge in [-0.25, -0.2) is 4.98 Å². The highest BCUT2D eigenvalue weighted by molar-refractivity contribution is 5.97. The largest absolute Gasteiger partial charge is 0.370 e. The minimum atomic E-state index is -0.376. The Labute approximate surface area is 125 Å². The first-order valence-electron chi connectivity index (χ1n) is 7.73. The first-order chi connectivity index (χ1) is 9.96. The zero-order valence-electron chi connectivity index (χ0n) is 12.9. The molecule has 2 aliphatic heterocycles. The maximum atomic E-state index is 11.8. The van der Waals surface area contributed by atoms with E-state index in [4.69, 9.17) is 10.5 Å². The zero-order valence-corrected chi connectivity index (χ0v) is 12.9. The lowest BCUT2D eigenvalue weighted by Gasteiger charge is -2.31. The molecule has 5 heteroatoms. The number of primary amides is 1. The second-order valence-corrected chi connectivity index (χ2v) is 6.67. The van der Waals surface area contributed by atoms with Crippen LogP contribution in [0.3, 0.4) is 0 Å². The molecule has 0 unspecified atom stereocenters. The maximum Gasteiger partial charge on any atom is 0.287 e. The lowest BCUT2D eigenvalue weighted by molar-refractivity contribution is -0.383. The Balaban J connectivity index is 2.02. The number of nitrogens with zero attached hydrogens (tertiary/aromatic N) is 1. The molecule has 3 rings (SSSR count). The molecule has 0 radical (unpaired) electrons. The first-order valence-corrected chi connectivity index (χ1v) is 7.73. The molecule has 1 aromatic rings. The van der Waals surface area contributed by atoms with E-state index in [1.807, 2.05) is 6.07 Å². The Kier molecular flexibility index (Phi) is 3.61. The standard InChI is InChI=1S/C16H23N3O2/c1-16(2)9-13-11(10-21-16)8-12(14(17)20)15(18-13)19-6-4-3-5-7-19/h8H,3-7,9-10H2,1-2H3,(H2,17,20)/p+1. The summed E-state index contributed by atoms with van der Waals surface area (Å²) in [4.78, 5) is 17.6. The van der Waals surface area contributed by atoms with Crippen LogP contribution in [0.15, 0.2) is 6.07 Å². The van der Waals surface area contributed by atoms with Gasteiger partial charge in [-0.05, 0) is 39.2 Å². The van der Waals surface area contributed by atoms with Crippen molar-refractivity contribution in [1.29, 1.82) is 0 Å². The van der Waals surface area contributed by atoms with Gasteiger partial charge in [-0.1, -0.05) is 0 Å². The SMILES string of the molecule is CC1(C)Cc2[nH+]c(N3CCCCC3)c(C(N)=O)cc2CO1. The lowest BCUT2D eigenvalue weighted by Crippen LogP contribution is -2.41.